The van der Waals surface area contributed by atoms with E-state index in [9.17, 15) is 4.79 Å². The van der Waals surface area contributed by atoms with E-state index in [1.54, 1.807) is 0 Å². The van der Waals surface area contributed by atoms with Crippen molar-refractivity contribution in [1.29, 1.82) is 0 Å². The van der Waals surface area contributed by atoms with E-state index in [0.29, 0.717) is 12.2 Å². The van der Waals surface area contributed by atoms with Gasteiger partial charge in [-0.2, -0.15) is 0 Å². The SMILES string of the molecule is Cc1ccc2[nH]c(C(=O)NCc3ccccc3)c(C)c2c1. The van der Waals surface area contributed by atoms with Crippen LogP contribution in [0.5, 0.6) is 0 Å². The van der Waals surface area contributed by atoms with E-state index in [-0.39, 0.29) is 5.91 Å². The molecule has 0 aliphatic heterocycles. The van der Waals surface area contributed by atoms with E-state index in [1.165, 1.54) is 5.56 Å². The third-order valence-electron chi connectivity index (χ3n) is 3.74. The molecule has 1 aromatic heterocycles. The summed E-state index contributed by atoms with van der Waals surface area (Å²) in [4.78, 5) is 15.6. The van der Waals surface area contributed by atoms with Gasteiger partial charge in [0.05, 0.1) is 0 Å². The van der Waals surface area contributed by atoms with Gasteiger partial charge in [-0.25, -0.2) is 0 Å². The first-order chi connectivity index (χ1) is 10.1. The van der Waals surface area contributed by atoms with Gasteiger partial charge in [-0.15, -0.1) is 0 Å². The Morgan fingerprint density at radius 1 is 1.10 bits per heavy atom. The minimum Gasteiger partial charge on any atom is -0.350 e. The fourth-order valence-corrected chi connectivity index (χ4v) is 2.53. The molecule has 0 atom stereocenters. The number of hydrogen-bond donors (Lipinski definition) is 2. The number of rotatable bonds is 3. The number of fused-ring (bicyclic) bond motifs is 1. The number of aryl methyl sites for hydroxylation is 2. The minimum absolute atomic E-state index is 0.0646. The second-order valence-corrected chi connectivity index (χ2v) is 5.34. The Balaban J connectivity index is 1.83. The maximum atomic E-state index is 12.4. The van der Waals surface area contributed by atoms with E-state index in [2.05, 4.69) is 23.3 Å². The van der Waals surface area contributed by atoms with Gasteiger partial charge in [0.2, 0.25) is 0 Å². The van der Waals surface area contributed by atoms with Crippen LogP contribution in [0.15, 0.2) is 48.5 Å². The third kappa shape index (κ3) is 2.68. The number of H-pyrrole nitrogens is 1. The molecular weight excluding hydrogens is 260 g/mol. The lowest BCUT2D eigenvalue weighted by Gasteiger charge is -2.04. The Hall–Kier alpha value is -2.55. The first kappa shape index (κ1) is 13.4. The van der Waals surface area contributed by atoms with Gasteiger partial charge in [-0.1, -0.05) is 42.0 Å². The molecule has 0 spiro atoms. The van der Waals surface area contributed by atoms with Gasteiger partial charge in [0, 0.05) is 17.4 Å². The minimum atomic E-state index is -0.0646. The summed E-state index contributed by atoms with van der Waals surface area (Å²) >= 11 is 0. The molecule has 1 heterocycles. The van der Waals surface area contributed by atoms with Crippen LogP contribution in [0.1, 0.15) is 27.2 Å². The predicted molar refractivity (Wildman–Crippen MR) is 85.4 cm³/mol. The topological polar surface area (TPSA) is 44.9 Å². The average molecular weight is 278 g/mol. The molecule has 0 aliphatic rings. The van der Waals surface area contributed by atoms with Crippen LogP contribution >= 0.6 is 0 Å². The monoisotopic (exact) mass is 278 g/mol. The zero-order valence-electron chi connectivity index (χ0n) is 12.2. The molecule has 3 aromatic rings. The van der Waals surface area contributed by atoms with Crippen molar-refractivity contribution in [2.75, 3.05) is 0 Å². The Bertz CT molecular complexity index is 788. The van der Waals surface area contributed by atoms with Crippen LogP contribution in [0.4, 0.5) is 0 Å². The molecule has 0 unspecified atom stereocenters. The molecule has 1 amide bonds. The molecule has 21 heavy (non-hydrogen) atoms. The van der Waals surface area contributed by atoms with Crippen molar-refractivity contribution in [3.05, 3.63) is 70.9 Å². The fraction of sp³-hybridized carbons (Fsp3) is 0.167. The molecule has 0 saturated heterocycles. The highest BCUT2D eigenvalue weighted by Gasteiger charge is 2.14. The van der Waals surface area contributed by atoms with Crippen molar-refractivity contribution in [2.45, 2.75) is 20.4 Å². The number of carbonyl (C=O) groups excluding carboxylic acids is 1. The van der Waals surface area contributed by atoms with Crippen molar-refractivity contribution in [1.82, 2.24) is 10.3 Å². The molecule has 0 radical (unpaired) electrons. The van der Waals surface area contributed by atoms with E-state index in [4.69, 9.17) is 0 Å². The summed E-state index contributed by atoms with van der Waals surface area (Å²) in [6.07, 6.45) is 0. The molecule has 106 valence electrons. The van der Waals surface area contributed by atoms with Gasteiger partial charge >= 0.3 is 0 Å². The summed E-state index contributed by atoms with van der Waals surface area (Å²) in [5, 5.41) is 4.07. The summed E-state index contributed by atoms with van der Waals surface area (Å²) in [6, 6.07) is 16.1. The number of aromatic nitrogens is 1. The molecule has 0 bridgehead atoms. The lowest BCUT2D eigenvalue weighted by molar-refractivity contribution is 0.0946. The molecule has 0 saturated carbocycles. The predicted octanol–water partition coefficient (Wildman–Crippen LogP) is 3.71. The van der Waals surface area contributed by atoms with E-state index >= 15 is 0 Å². The molecule has 2 aromatic carbocycles. The maximum absolute atomic E-state index is 12.4. The number of carbonyl (C=O) groups is 1. The normalized spacial score (nSPS) is 10.8. The first-order valence-electron chi connectivity index (χ1n) is 7.06. The summed E-state index contributed by atoms with van der Waals surface area (Å²) < 4.78 is 0. The van der Waals surface area contributed by atoms with Crippen molar-refractivity contribution in [3.63, 3.8) is 0 Å². The summed E-state index contributed by atoms with van der Waals surface area (Å²) in [7, 11) is 0. The summed E-state index contributed by atoms with van der Waals surface area (Å²) in [5.74, 6) is -0.0646. The maximum Gasteiger partial charge on any atom is 0.268 e. The van der Waals surface area contributed by atoms with E-state index in [0.717, 1.165) is 22.0 Å². The van der Waals surface area contributed by atoms with E-state index in [1.807, 2.05) is 49.4 Å². The van der Waals surface area contributed by atoms with Crippen LogP contribution in [0.2, 0.25) is 0 Å². The number of amides is 1. The van der Waals surface area contributed by atoms with Gasteiger partial charge in [0.1, 0.15) is 5.69 Å². The molecule has 3 heteroatoms. The van der Waals surface area contributed by atoms with Gasteiger partial charge < -0.3 is 10.3 Å². The Morgan fingerprint density at radius 3 is 2.62 bits per heavy atom. The smallest absolute Gasteiger partial charge is 0.268 e. The molecule has 0 aliphatic carbocycles. The standard InChI is InChI=1S/C18H18N2O/c1-12-8-9-16-15(10-12)13(2)17(20-16)18(21)19-11-14-6-4-3-5-7-14/h3-10,20H,11H2,1-2H3,(H,19,21). The lowest BCUT2D eigenvalue weighted by Crippen LogP contribution is -2.23. The average Bonchev–Trinajstić information content (AvgIpc) is 2.83. The highest BCUT2D eigenvalue weighted by Crippen LogP contribution is 2.22. The van der Waals surface area contributed by atoms with Crippen molar-refractivity contribution >= 4 is 16.8 Å². The molecular formula is C18H18N2O. The lowest BCUT2D eigenvalue weighted by atomic mass is 10.1. The van der Waals surface area contributed by atoms with Crippen LogP contribution in [0.3, 0.4) is 0 Å². The quantitative estimate of drug-likeness (QED) is 0.753. The Morgan fingerprint density at radius 2 is 1.86 bits per heavy atom. The Labute approximate surface area is 124 Å². The second-order valence-electron chi connectivity index (χ2n) is 5.34. The first-order valence-corrected chi connectivity index (χ1v) is 7.06. The van der Waals surface area contributed by atoms with Crippen LogP contribution < -0.4 is 5.32 Å². The number of aromatic amines is 1. The summed E-state index contributed by atoms with van der Waals surface area (Å²) in [5.41, 5.74) is 4.94. The molecule has 2 N–H and O–H groups in total. The largest absolute Gasteiger partial charge is 0.350 e. The molecule has 3 rings (SSSR count). The van der Waals surface area contributed by atoms with Crippen LogP contribution in [0, 0.1) is 13.8 Å². The van der Waals surface area contributed by atoms with Crippen LogP contribution in [-0.4, -0.2) is 10.9 Å². The van der Waals surface area contributed by atoms with Gasteiger partial charge in [-0.3, -0.25) is 4.79 Å². The van der Waals surface area contributed by atoms with Gasteiger partial charge in [0.25, 0.3) is 5.91 Å². The van der Waals surface area contributed by atoms with E-state index < -0.39 is 0 Å². The van der Waals surface area contributed by atoms with Crippen LogP contribution in [-0.2, 0) is 6.54 Å². The van der Waals surface area contributed by atoms with Crippen molar-refractivity contribution in [2.24, 2.45) is 0 Å². The highest BCUT2D eigenvalue weighted by atomic mass is 16.1. The van der Waals surface area contributed by atoms with Crippen molar-refractivity contribution < 1.29 is 4.79 Å². The fourth-order valence-electron chi connectivity index (χ4n) is 2.53. The van der Waals surface area contributed by atoms with Crippen molar-refractivity contribution in [3.8, 4) is 0 Å². The number of hydrogen-bond acceptors (Lipinski definition) is 1. The molecule has 0 fully saturated rings. The third-order valence-corrected chi connectivity index (χ3v) is 3.74. The van der Waals surface area contributed by atoms with Gasteiger partial charge in [-0.05, 0) is 37.1 Å². The number of nitrogens with one attached hydrogen (secondary N) is 2. The second kappa shape index (κ2) is 5.44. The van der Waals surface area contributed by atoms with Gasteiger partial charge in [0.15, 0.2) is 0 Å². The van der Waals surface area contributed by atoms with Crippen LogP contribution in [0.25, 0.3) is 10.9 Å². The molecule has 3 nitrogen and oxygen atoms in total. The number of benzene rings is 2. The summed E-state index contributed by atoms with van der Waals surface area (Å²) in [6.45, 7) is 4.57. The highest BCUT2D eigenvalue weighted by molar-refractivity contribution is 6.00. The zero-order valence-corrected chi connectivity index (χ0v) is 12.2. The zero-order chi connectivity index (χ0) is 14.8. The Kier molecular flexibility index (Phi) is 3.48.